The quantitative estimate of drug-likeness (QED) is 0.253. The molecule has 0 aromatic heterocycles. The first-order valence-electron chi connectivity index (χ1n) is 13.6. The molecule has 6 nitrogen and oxygen atoms in total. The van der Waals surface area contributed by atoms with Crippen molar-refractivity contribution in [1.82, 2.24) is 0 Å². The number of rotatable bonds is 6. The molecule has 0 bridgehead atoms. The SMILES string of the molecule is C1=CCC2CN(c3ccc(Oc4cccc(Oc5ccc(N6COc7ccccc7C6)cc5)c4)cc3)COC2=C1. The standard InChI is InChI=1S/C34H30N2O4/c1-3-10-33-25(6-1)21-35(23-37-33)27-12-16-29(17-13-27)39-31-8-5-9-32(20-31)40-30-18-14-28(15-19-30)36-22-26-7-2-4-11-34(26)38-24-36/h1-6,8-20,26H,7,21-24H2. The van der Waals surface area contributed by atoms with E-state index in [1.165, 1.54) is 5.56 Å². The highest BCUT2D eigenvalue weighted by molar-refractivity contribution is 5.53. The van der Waals surface area contributed by atoms with Crippen LogP contribution in [0.1, 0.15) is 12.0 Å². The number of hydrogen-bond acceptors (Lipinski definition) is 6. The van der Waals surface area contributed by atoms with Gasteiger partial charge >= 0.3 is 0 Å². The number of benzene rings is 4. The molecule has 1 aliphatic carbocycles. The highest BCUT2D eigenvalue weighted by Gasteiger charge is 2.26. The molecule has 6 heteroatoms. The Morgan fingerprint density at radius 2 is 1.32 bits per heavy atom. The predicted molar refractivity (Wildman–Crippen MR) is 156 cm³/mol. The zero-order valence-electron chi connectivity index (χ0n) is 22.1. The molecule has 7 rings (SSSR count). The Hall–Kier alpha value is -4.84. The predicted octanol–water partition coefficient (Wildman–Crippen LogP) is 7.88. The second-order valence-electron chi connectivity index (χ2n) is 10.2. The second kappa shape index (κ2) is 10.7. The van der Waals surface area contributed by atoms with Crippen molar-refractivity contribution in [2.75, 3.05) is 29.8 Å². The van der Waals surface area contributed by atoms with Gasteiger partial charge in [-0.3, -0.25) is 0 Å². The molecule has 4 aromatic carbocycles. The van der Waals surface area contributed by atoms with Crippen LogP contribution in [0.25, 0.3) is 0 Å². The third-order valence-corrected chi connectivity index (χ3v) is 7.44. The zero-order chi connectivity index (χ0) is 26.7. The lowest BCUT2D eigenvalue weighted by Crippen LogP contribution is -2.38. The molecule has 0 spiro atoms. The molecule has 40 heavy (non-hydrogen) atoms. The van der Waals surface area contributed by atoms with Gasteiger partial charge < -0.3 is 28.7 Å². The smallest absolute Gasteiger partial charge is 0.161 e. The van der Waals surface area contributed by atoms with Crippen LogP contribution in [-0.4, -0.2) is 20.0 Å². The summed E-state index contributed by atoms with van der Waals surface area (Å²) in [4.78, 5) is 4.47. The maximum Gasteiger partial charge on any atom is 0.161 e. The summed E-state index contributed by atoms with van der Waals surface area (Å²) in [5.74, 6) is 5.45. The van der Waals surface area contributed by atoms with E-state index in [-0.39, 0.29) is 0 Å². The largest absolute Gasteiger partial charge is 0.477 e. The fourth-order valence-corrected chi connectivity index (χ4v) is 5.30. The number of para-hydroxylation sites is 1. The van der Waals surface area contributed by atoms with E-state index in [0.717, 1.165) is 59.6 Å². The van der Waals surface area contributed by atoms with E-state index < -0.39 is 0 Å². The van der Waals surface area contributed by atoms with Gasteiger partial charge in [0.05, 0.1) is 0 Å². The van der Waals surface area contributed by atoms with E-state index in [1.54, 1.807) is 0 Å². The number of anilines is 2. The van der Waals surface area contributed by atoms with Crippen molar-refractivity contribution in [3.63, 3.8) is 0 Å². The molecule has 0 saturated carbocycles. The van der Waals surface area contributed by atoms with Crippen LogP contribution in [0, 0.1) is 5.92 Å². The first-order chi connectivity index (χ1) is 19.8. The summed E-state index contributed by atoms with van der Waals surface area (Å²) < 4.78 is 24.2. The van der Waals surface area contributed by atoms with E-state index in [0.29, 0.717) is 25.1 Å². The molecular formula is C34H30N2O4. The van der Waals surface area contributed by atoms with Gasteiger partial charge in [-0.15, -0.1) is 0 Å². The van der Waals surface area contributed by atoms with E-state index in [1.807, 2.05) is 66.7 Å². The summed E-state index contributed by atoms with van der Waals surface area (Å²) in [5, 5.41) is 0. The van der Waals surface area contributed by atoms with Gasteiger partial charge in [-0.25, -0.2) is 0 Å². The summed E-state index contributed by atoms with van der Waals surface area (Å²) in [7, 11) is 0. The number of nitrogens with zero attached hydrogens (tertiary/aromatic N) is 2. The van der Waals surface area contributed by atoms with Gasteiger partial charge in [0.2, 0.25) is 0 Å². The van der Waals surface area contributed by atoms with Crippen molar-refractivity contribution in [3.8, 4) is 28.7 Å². The fourth-order valence-electron chi connectivity index (χ4n) is 5.30. The van der Waals surface area contributed by atoms with Gasteiger partial charge in [0.1, 0.15) is 34.5 Å². The van der Waals surface area contributed by atoms with Crippen molar-refractivity contribution >= 4 is 11.4 Å². The third-order valence-electron chi connectivity index (χ3n) is 7.44. The Labute approximate surface area is 234 Å². The normalized spacial score (nSPS) is 17.6. The van der Waals surface area contributed by atoms with Crippen LogP contribution < -0.4 is 24.0 Å². The van der Waals surface area contributed by atoms with Crippen LogP contribution >= 0.6 is 0 Å². The number of allylic oxidation sites excluding steroid dienone is 3. The van der Waals surface area contributed by atoms with Crippen molar-refractivity contribution in [3.05, 3.63) is 127 Å². The summed E-state index contributed by atoms with van der Waals surface area (Å²) in [6.07, 6.45) is 7.39. The Morgan fingerprint density at radius 3 is 2.08 bits per heavy atom. The van der Waals surface area contributed by atoms with Crippen molar-refractivity contribution in [2.24, 2.45) is 5.92 Å². The van der Waals surface area contributed by atoms with Crippen LogP contribution in [-0.2, 0) is 11.3 Å². The molecular weight excluding hydrogens is 500 g/mol. The second-order valence-corrected chi connectivity index (χ2v) is 10.2. The minimum Gasteiger partial charge on any atom is -0.477 e. The van der Waals surface area contributed by atoms with Gasteiger partial charge in [0.15, 0.2) is 13.5 Å². The first kappa shape index (κ1) is 24.2. The van der Waals surface area contributed by atoms with E-state index in [4.69, 9.17) is 18.9 Å². The number of fused-ring (bicyclic) bond motifs is 2. The third kappa shape index (κ3) is 5.21. The zero-order valence-corrected chi connectivity index (χ0v) is 22.1. The highest BCUT2D eigenvalue weighted by atomic mass is 16.5. The van der Waals surface area contributed by atoms with Gasteiger partial charge in [0, 0.05) is 42.0 Å². The van der Waals surface area contributed by atoms with Gasteiger partial charge in [-0.2, -0.15) is 0 Å². The Kier molecular flexibility index (Phi) is 6.50. The molecule has 0 N–H and O–H groups in total. The maximum atomic E-state index is 6.14. The van der Waals surface area contributed by atoms with Gasteiger partial charge in [0.25, 0.3) is 0 Å². The van der Waals surface area contributed by atoms with Crippen LogP contribution in [0.3, 0.4) is 0 Å². The summed E-state index contributed by atoms with van der Waals surface area (Å²) in [6.45, 7) is 2.87. The van der Waals surface area contributed by atoms with Crippen LogP contribution in [0.2, 0.25) is 0 Å². The lowest BCUT2D eigenvalue weighted by Gasteiger charge is -2.36. The summed E-state index contributed by atoms with van der Waals surface area (Å²) >= 11 is 0. The minimum absolute atomic E-state index is 0.421. The fraction of sp³-hybridized carbons (Fsp3) is 0.176. The molecule has 1 unspecified atom stereocenters. The summed E-state index contributed by atoms with van der Waals surface area (Å²) in [6, 6.07) is 32.1. The maximum absolute atomic E-state index is 6.14. The van der Waals surface area contributed by atoms with Crippen LogP contribution in [0.4, 0.5) is 11.4 Å². The average molecular weight is 531 g/mol. The molecule has 200 valence electrons. The van der Waals surface area contributed by atoms with Crippen LogP contribution in [0.5, 0.6) is 28.7 Å². The molecule has 0 amide bonds. The lowest BCUT2D eigenvalue weighted by atomic mass is 9.96. The number of hydrogen-bond donors (Lipinski definition) is 0. The molecule has 4 aromatic rings. The van der Waals surface area contributed by atoms with Crippen LogP contribution in [0.15, 0.2) is 121 Å². The molecule has 1 atom stereocenters. The van der Waals surface area contributed by atoms with Crippen molar-refractivity contribution < 1.29 is 18.9 Å². The molecule has 1 fully saturated rings. The molecule has 2 heterocycles. The molecule has 1 saturated heterocycles. The van der Waals surface area contributed by atoms with Gasteiger partial charge in [-0.1, -0.05) is 36.4 Å². The monoisotopic (exact) mass is 530 g/mol. The number of ether oxygens (including phenoxy) is 4. The van der Waals surface area contributed by atoms with Crippen molar-refractivity contribution in [1.29, 1.82) is 0 Å². The Balaban J connectivity index is 0.967. The lowest BCUT2D eigenvalue weighted by molar-refractivity contribution is 0.141. The van der Waals surface area contributed by atoms with Gasteiger partial charge in [-0.05, 0) is 79.2 Å². The topological polar surface area (TPSA) is 43.4 Å². The molecule has 2 aliphatic heterocycles. The minimum atomic E-state index is 0.421. The average Bonchev–Trinajstić information content (AvgIpc) is 3.01. The van der Waals surface area contributed by atoms with Crippen molar-refractivity contribution in [2.45, 2.75) is 13.0 Å². The molecule has 0 radical (unpaired) electrons. The highest BCUT2D eigenvalue weighted by Crippen LogP contribution is 2.34. The summed E-state index contributed by atoms with van der Waals surface area (Å²) in [5.41, 5.74) is 3.40. The van der Waals surface area contributed by atoms with E-state index in [2.05, 4.69) is 58.4 Å². The van der Waals surface area contributed by atoms with E-state index in [9.17, 15) is 0 Å². The first-order valence-corrected chi connectivity index (χ1v) is 13.6. The van der Waals surface area contributed by atoms with E-state index >= 15 is 0 Å². The molecule has 3 aliphatic rings. The Morgan fingerprint density at radius 1 is 0.650 bits per heavy atom. The Bertz CT molecular complexity index is 1550.